The minimum Gasteiger partial charge on any atom is -0.359 e. The topological polar surface area (TPSA) is 87.0 Å². The van der Waals surface area contributed by atoms with Crippen LogP contribution in [0.25, 0.3) is 5.52 Å². The van der Waals surface area contributed by atoms with Crippen LogP contribution in [0.4, 0.5) is 18.9 Å². The van der Waals surface area contributed by atoms with E-state index in [1.807, 2.05) is 4.72 Å². The van der Waals surface area contributed by atoms with Crippen molar-refractivity contribution in [3.05, 3.63) is 65.5 Å². The van der Waals surface area contributed by atoms with E-state index in [0.29, 0.717) is 5.56 Å². The zero-order chi connectivity index (χ0) is 23.2. The van der Waals surface area contributed by atoms with Crippen LogP contribution in [0.5, 0.6) is 0 Å². The minimum atomic E-state index is -4.11. The van der Waals surface area contributed by atoms with E-state index in [2.05, 4.69) is 5.10 Å². The summed E-state index contributed by atoms with van der Waals surface area (Å²) in [4.78, 5) is 14.0. The lowest BCUT2D eigenvalue weighted by atomic mass is 10.0. The fraction of sp³-hybridized carbons (Fsp3) is 0.300. The molecule has 1 unspecified atom stereocenters. The van der Waals surface area contributed by atoms with Gasteiger partial charge in [-0.1, -0.05) is 12.1 Å². The number of benzene rings is 1. The Balaban J connectivity index is 1.76. The number of nitrogens with one attached hydrogen (secondary N) is 1. The summed E-state index contributed by atoms with van der Waals surface area (Å²) in [5.41, 5.74) is -0.0627. The van der Waals surface area contributed by atoms with Gasteiger partial charge < -0.3 is 4.90 Å². The molecular weight excluding hydrogens is 447 g/mol. The number of carbonyl (C=O) groups excluding carboxylic acids is 1. The Bertz CT molecular complexity index is 1290. The van der Waals surface area contributed by atoms with Gasteiger partial charge in [-0.25, -0.2) is 22.4 Å². The molecule has 4 rings (SSSR count). The van der Waals surface area contributed by atoms with E-state index in [9.17, 15) is 22.0 Å². The lowest BCUT2D eigenvalue weighted by Crippen LogP contribution is -2.39. The number of fused-ring (bicyclic) bond motifs is 1. The van der Waals surface area contributed by atoms with Crippen LogP contribution in [-0.4, -0.2) is 55.1 Å². The number of halogens is 3. The highest BCUT2D eigenvalue weighted by molar-refractivity contribution is 7.87. The van der Waals surface area contributed by atoms with Gasteiger partial charge >= 0.3 is 10.2 Å². The van der Waals surface area contributed by atoms with Crippen molar-refractivity contribution in [2.24, 2.45) is 0 Å². The third-order valence-corrected chi connectivity index (χ3v) is 6.75. The van der Waals surface area contributed by atoms with Crippen LogP contribution in [0.1, 0.15) is 28.4 Å². The van der Waals surface area contributed by atoms with Crippen molar-refractivity contribution in [3.63, 3.8) is 0 Å². The second-order valence-corrected chi connectivity index (χ2v) is 9.53. The molecule has 1 amide bonds. The Morgan fingerprint density at radius 2 is 2.00 bits per heavy atom. The van der Waals surface area contributed by atoms with E-state index in [1.54, 1.807) is 6.07 Å². The van der Waals surface area contributed by atoms with E-state index < -0.39 is 40.0 Å². The van der Waals surface area contributed by atoms with E-state index in [0.717, 1.165) is 15.0 Å². The summed E-state index contributed by atoms with van der Waals surface area (Å²) >= 11 is 0. The van der Waals surface area contributed by atoms with Crippen molar-refractivity contribution in [2.45, 2.75) is 18.6 Å². The van der Waals surface area contributed by atoms with Crippen LogP contribution in [0.15, 0.2) is 42.7 Å². The summed E-state index contributed by atoms with van der Waals surface area (Å²) in [6, 6.07) is 6.44. The van der Waals surface area contributed by atoms with Crippen molar-refractivity contribution in [2.75, 3.05) is 25.5 Å². The molecule has 0 aliphatic carbocycles. The van der Waals surface area contributed by atoms with Gasteiger partial charge in [-0.2, -0.15) is 17.8 Å². The van der Waals surface area contributed by atoms with Gasteiger partial charge in [-0.3, -0.25) is 4.79 Å². The number of anilines is 1. The van der Waals surface area contributed by atoms with Gasteiger partial charge in [0.2, 0.25) is 0 Å². The van der Waals surface area contributed by atoms with Crippen molar-refractivity contribution in [1.29, 1.82) is 0 Å². The minimum absolute atomic E-state index is 0.00284. The fourth-order valence-corrected chi connectivity index (χ4v) is 4.29. The summed E-state index contributed by atoms with van der Waals surface area (Å²) in [5.74, 6) is -2.42. The van der Waals surface area contributed by atoms with Crippen molar-refractivity contribution < 1.29 is 26.4 Å². The molecule has 1 N–H and O–H groups in total. The third-order valence-electron chi connectivity index (χ3n) is 5.34. The lowest BCUT2D eigenvalue weighted by Gasteiger charge is -2.27. The number of amides is 1. The summed E-state index contributed by atoms with van der Waals surface area (Å²) in [6.45, 7) is -0.126. The molecule has 2 aromatic heterocycles. The predicted molar refractivity (Wildman–Crippen MR) is 111 cm³/mol. The molecule has 0 radical (unpaired) electrons. The van der Waals surface area contributed by atoms with Crippen LogP contribution in [0, 0.1) is 11.6 Å². The van der Waals surface area contributed by atoms with Gasteiger partial charge in [0.25, 0.3) is 5.91 Å². The number of nitrogens with zero attached hydrogens (tertiary/aromatic N) is 4. The fourth-order valence-electron chi connectivity index (χ4n) is 3.76. The molecular formula is C20H20F3N5O3S. The molecule has 12 heteroatoms. The molecule has 3 aromatic rings. The molecule has 1 aliphatic heterocycles. The molecule has 32 heavy (non-hydrogen) atoms. The number of hydrogen-bond acceptors (Lipinski definition) is 5. The molecule has 0 saturated carbocycles. The first-order valence-electron chi connectivity index (χ1n) is 9.65. The van der Waals surface area contributed by atoms with Gasteiger partial charge in [-0.15, -0.1) is 0 Å². The second-order valence-electron chi connectivity index (χ2n) is 7.64. The number of pyridine rings is 1. The van der Waals surface area contributed by atoms with Crippen LogP contribution >= 0.6 is 0 Å². The zero-order valence-corrected chi connectivity index (χ0v) is 18.0. The Labute approximate surface area is 182 Å². The van der Waals surface area contributed by atoms with Crippen LogP contribution < -0.4 is 9.62 Å². The quantitative estimate of drug-likeness (QED) is 0.623. The number of alkyl halides is 1. The maximum Gasteiger partial charge on any atom is 0.303 e. The normalized spacial score (nSPS) is 19.1. The van der Waals surface area contributed by atoms with Gasteiger partial charge in [0.15, 0.2) is 5.82 Å². The largest absolute Gasteiger partial charge is 0.359 e. The SMILES string of the molecule is CN(C)S(=O)(=O)NC(=O)c1cnn2ccc(N3C[C@@H](F)CC3c3cccc(F)c3)c(F)c12. The average molecular weight is 467 g/mol. The van der Waals surface area contributed by atoms with E-state index >= 15 is 4.39 Å². The maximum absolute atomic E-state index is 15.6. The number of rotatable bonds is 5. The standard InChI is InChI=1S/C20H20F3N5O3S/c1-26(2)32(30,31)25-20(29)15-10-24-28-7-6-16(18(23)19(15)28)27-11-14(22)9-17(27)12-4-3-5-13(21)8-12/h3-8,10,14,17H,9,11H2,1-2H3,(H,25,29)/t14-,17?/m0/s1. The summed E-state index contributed by atoms with van der Waals surface area (Å²) in [7, 11) is -1.64. The van der Waals surface area contributed by atoms with Crippen LogP contribution in [-0.2, 0) is 10.2 Å². The van der Waals surface area contributed by atoms with E-state index in [1.165, 1.54) is 49.5 Å². The molecule has 0 spiro atoms. The Kier molecular flexibility index (Phi) is 5.59. The average Bonchev–Trinajstić information content (AvgIpc) is 3.32. The summed E-state index contributed by atoms with van der Waals surface area (Å²) in [5, 5.41) is 3.91. The molecule has 1 saturated heterocycles. The van der Waals surface area contributed by atoms with Crippen LogP contribution in [0.2, 0.25) is 0 Å². The molecule has 3 heterocycles. The molecule has 2 atom stereocenters. The summed E-state index contributed by atoms with van der Waals surface area (Å²) in [6.07, 6.45) is 1.21. The first-order chi connectivity index (χ1) is 15.1. The van der Waals surface area contributed by atoms with Gasteiger partial charge in [0.05, 0.1) is 23.5 Å². The van der Waals surface area contributed by atoms with Gasteiger partial charge in [0.1, 0.15) is 17.5 Å². The number of hydrogen-bond donors (Lipinski definition) is 1. The molecule has 170 valence electrons. The van der Waals surface area contributed by atoms with E-state index in [4.69, 9.17) is 0 Å². The molecule has 0 bridgehead atoms. The Morgan fingerprint density at radius 3 is 2.69 bits per heavy atom. The monoisotopic (exact) mass is 467 g/mol. The second kappa shape index (κ2) is 8.10. The van der Waals surface area contributed by atoms with Crippen molar-refractivity contribution >= 4 is 27.3 Å². The maximum atomic E-state index is 15.6. The lowest BCUT2D eigenvalue weighted by molar-refractivity contribution is 0.0981. The van der Waals surface area contributed by atoms with E-state index in [-0.39, 0.29) is 29.7 Å². The third kappa shape index (κ3) is 3.91. The van der Waals surface area contributed by atoms with Crippen molar-refractivity contribution in [1.82, 2.24) is 18.6 Å². The Hall–Kier alpha value is -3.12. The highest BCUT2D eigenvalue weighted by Gasteiger charge is 2.36. The Morgan fingerprint density at radius 1 is 1.25 bits per heavy atom. The molecule has 1 fully saturated rings. The molecule has 1 aliphatic rings. The van der Waals surface area contributed by atoms with Crippen LogP contribution in [0.3, 0.4) is 0 Å². The zero-order valence-electron chi connectivity index (χ0n) is 17.2. The first kappa shape index (κ1) is 22.1. The van der Waals surface area contributed by atoms with Gasteiger partial charge in [0, 0.05) is 33.3 Å². The van der Waals surface area contributed by atoms with Gasteiger partial charge in [-0.05, 0) is 23.8 Å². The van der Waals surface area contributed by atoms with Crippen molar-refractivity contribution in [3.8, 4) is 0 Å². The number of aromatic nitrogens is 2. The predicted octanol–water partition coefficient (Wildman–Crippen LogP) is 2.44. The molecule has 1 aromatic carbocycles. The smallest absolute Gasteiger partial charge is 0.303 e. The highest BCUT2D eigenvalue weighted by Crippen LogP contribution is 2.39. The summed E-state index contributed by atoms with van der Waals surface area (Å²) < 4.78 is 71.4. The first-order valence-corrected chi connectivity index (χ1v) is 11.1. The highest BCUT2D eigenvalue weighted by atomic mass is 32.2. The number of carbonyl (C=O) groups is 1. The molecule has 8 nitrogen and oxygen atoms in total.